The topological polar surface area (TPSA) is 61.2 Å². The third kappa shape index (κ3) is 3.77. The zero-order chi connectivity index (χ0) is 18.0. The molecule has 5 nitrogen and oxygen atoms in total. The Kier molecular flexibility index (Phi) is 4.97. The van der Waals surface area contributed by atoms with Gasteiger partial charge >= 0.3 is 10.1 Å². The predicted molar refractivity (Wildman–Crippen MR) is 105 cm³/mol. The molecule has 1 fully saturated rings. The van der Waals surface area contributed by atoms with Crippen LogP contribution in [-0.2, 0) is 10.1 Å². The molecule has 0 saturated carbocycles. The molecule has 0 spiro atoms. The van der Waals surface area contributed by atoms with Crippen LogP contribution in [0.5, 0.6) is 5.75 Å². The Balaban J connectivity index is 1.51. The zero-order valence-electron chi connectivity index (χ0n) is 13.7. The van der Waals surface area contributed by atoms with Crippen molar-refractivity contribution in [2.75, 3.05) is 11.5 Å². The van der Waals surface area contributed by atoms with E-state index in [0.717, 1.165) is 17.2 Å². The highest BCUT2D eigenvalue weighted by Crippen LogP contribution is 2.45. The second-order valence-corrected chi connectivity index (χ2v) is 9.91. The number of aromatic nitrogens is 2. The lowest BCUT2D eigenvalue weighted by Gasteiger charge is -2.09. The summed E-state index contributed by atoms with van der Waals surface area (Å²) in [5.41, 5.74) is 1.96. The van der Waals surface area contributed by atoms with Crippen molar-refractivity contribution in [2.24, 2.45) is 0 Å². The Labute approximate surface area is 160 Å². The van der Waals surface area contributed by atoms with Crippen molar-refractivity contribution in [3.8, 4) is 11.4 Å². The monoisotopic (exact) mass is 404 g/mol. The van der Waals surface area contributed by atoms with Crippen LogP contribution in [0.4, 0.5) is 0 Å². The fourth-order valence-electron chi connectivity index (χ4n) is 2.56. The molecule has 2 aromatic carbocycles. The summed E-state index contributed by atoms with van der Waals surface area (Å²) < 4.78 is 32.2. The van der Waals surface area contributed by atoms with Crippen LogP contribution in [0.3, 0.4) is 0 Å². The van der Waals surface area contributed by atoms with Crippen LogP contribution in [0.25, 0.3) is 5.69 Å². The fraction of sp³-hybridized carbons (Fsp3) is 0.167. The van der Waals surface area contributed by atoms with Crippen molar-refractivity contribution in [3.05, 3.63) is 72.6 Å². The highest BCUT2D eigenvalue weighted by Gasteiger charge is 2.21. The number of benzene rings is 2. The van der Waals surface area contributed by atoms with Crippen molar-refractivity contribution in [2.45, 2.75) is 9.48 Å². The molecule has 0 N–H and O–H groups in total. The van der Waals surface area contributed by atoms with Gasteiger partial charge in [-0.1, -0.05) is 30.3 Å². The lowest BCUT2D eigenvalue weighted by Crippen LogP contribution is -2.09. The maximum atomic E-state index is 12.5. The largest absolute Gasteiger partial charge is 0.379 e. The molecule has 4 rings (SSSR count). The molecular formula is C18H16N2O3S3. The summed E-state index contributed by atoms with van der Waals surface area (Å²) in [5, 5.41) is 4.11. The smallest absolute Gasteiger partial charge is 0.342 e. The van der Waals surface area contributed by atoms with Gasteiger partial charge in [0.15, 0.2) is 0 Å². The summed E-state index contributed by atoms with van der Waals surface area (Å²) in [7, 11) is -3.93. The minimum absolute atomic E-state index is 0.0207. The van der Waals surface area contributed by atoms with Gasteiger partial charge < -0.3 is 4.18 Å². The quantitative estimate of drug-likeness (QED) is 0.596. The van der Waals surface area contributed by atoms with Crippen molar-refractivity contribution >= 4 is 33.6 Å². The van der Waals surface area contributed by atoms with E-state index >= 15 is 0 Å². The van der Waals surface area contributed by atoms with Crippen molar-refractivity contribution in [1.29, 1.82) is 0 Å². The maximum Gasteiger partial charge on any atom is 0.342 e. The standard InChI is InChI=1S/C18H16N2O3S3/c21-26(22,17-12-19-20(13-17)15-4-2-1-3-5-15)23-16-8-6-14(7-9-16)18-24-10-11-25-18/h1-9,12-13,18H,10-11H2. The third-order valence-corrected chi connectivity index (χ3v) is 8.15. The van der Waals surface area contributed by atoms with E-state index in [9.17, 15) is 8.42 Å². The first-order chi connectivity index (χ1) is 12.6. The average Bonchev–Trinajstić information content (AvgIpc) is 3.35. The van der Waals surface area contributed by atoms with Crippen molar-refractivity contribution < 1.29 is 12.6 Å². The van der Waals surface area contributed by atoms with E-state index in [1.807, 2.05) is 66.0 Å². The SMILES string of the molecule is O=S(=O)(Oc1ccc(C2SCCS2)cc1)c1cnn(-c2ccccc2)c1. The van der Waals surface area contributed by atoms with Crippen LogP contribution in [0.15, 0.2) is 71.9 Å². The molecule has 1 saturated heterocycles. The van der Waals surface area contributed by atoms with E-state index in [1.54, 1.807) is 12.1 Å². The maximum absolute atomic E-state index is 12.5. The van der Waals surface area contributed by atoms with Gasteiger partial charge in [0.2, 0.25) is 0 Å². The second kappa shape index (κ2) is 7.38. The summed E-state index contributed by atoms with van der Waals surface area (Å²) >= 11 is 3.81. The third-order valence-electron chi connectivity index (χ3n) is 3.85. The molecule has 1 aliphatic rings. The molecule has 2 heterocycles. The summed E-state index contributed by atoms with van der Waals surface area (Å²) in [5.74, 6) is 2.59. The summed E-state index contributed by atoms with van der Waals surface area (Å²) in [6, 6.07) is 16.6. The van der Waals surface area contributed by atoms with Gasteiger partial charge in [-0.15, -0.1) is 23.5 Å². The summed E-state index contributed by atoms with van der Waals surface area (Å²) in [4.78, 5) is 0.0207. The number of hydrogen-bond donors (Lipinski definition) is 0. The molecule has 26 heavy (non-hydrogen) atoms. The van der Waals surface area contributed by atoms with Crippen LogP contribution < -0.4 is 4.18 Å². The number of hydrogen-bond acceptors (Lipinski definition) is 6. The second-order valence-electron chi connectivity index (χ2n) is 5.64. The molecule has 0 amide bonds. The van der Waals surface area contributed by atoms with E-state index in [2.05, 4.69) is 5.10 Å². The molecule has 1 aliphatic heterocycles. The first-order valence-electron chi connectivity index (χ1n) is 8.00. The minimum atomic E-state index is -3.93. The van der Waals surface area contributed by atoms with Gasteiger partial charge in [-0.05, 0) is 29.8 Å². The number of thioether (sulfide) groups is 2. The summed E-state index contributed by atoms with van der Waals surface area (Å²) in [6.07, 6.45) is 2.74. The van der Waals surface area contributed by atoms with E-state index in [-0.39, 0.29) is 4.90 Å². The molecule has 134 valence electrons. The van der Waals surface area contributed by atoms with E-state index < -0.39 is 10.1 Å². The Morgan fingerprint density at radius 3 is 2.38 bits per heavy atom. The number of para-hydroxylation sites is 1. The van der Waals surface area contributed by atoms with E-state index in [1.165, 1.54) is 22.6 Å². The van der Waals surface area contributed by atoms with Gasteiger partial charge in [-0.2, -0.15) is 13.5 Å². The Hall–Kier alpha value is -1.90. The van der Waals surface area contributed by atoms with Gasteiger partial charge in [-0.25, -0.2) is 4.68 Å². The van der Waals surface area contributed by atoms with Crippen molar-refractivity contribution in [1.82, 2.24) is 9.78 Å². The van der Waals surface area contributed by atoms with Crippen LogP contribution in [0, 0.1) is 0 Å². The molecular weight excluding hydrogens is 388 g/mol. The first-order valence-corrected chi connectivity index (χ1v) is 11.5. The van der Waals surface area contributed by atoms with Crippen LogP contribution in [0.1, 0.15) is 10.1 Å². The van der Waals surface area contributed by atoms with Crippen LogP contribution >= 0.6 is 23.5 Å². The molecule has 0 aliphatic carbocycles. The van der Waals surface area contributed by atoms with Gasteiger partial charge in [0.05, 0.1) is 22.7 Å². The Morgan fingerprint density at radius 2 is 1.69 bits per heavy atom. The molecule has 8 heteroatoms. The van der Waals surface area contributed by atoms with Gasteiger partial charge in [0, 0.05) is 11.5 Å². The molecule has 0 atom stereocenters. The molecule has 3 aromatic rings. The Bertz CT molecular complexity index is 980. The van der Waals surface area contributed by atoms with Gasteiger partial charge in [-0.3, -0.25) is 0 Å². The lowest BCUT2D eigenvalue weighted by atomic mass is 10.2. The normalized spacial score (nSPS) is 15.2. The highest BCUT2D eigenvalue weighted by molar-refractivity contribution is 8.19. The minimum Gasteiger partial charge on any atom is -0.379 e. The molecule has 0 radical (unpaired) electrons. The molecule has 0 bridgehead atoms. The first kappa shape index (κ1) is 17.5. The Morgan fingerprint density at radius 1 is 1.00 bits per heavy atom. The average molecular weight is 405 g/mol. The van der Waals surface area contributed by atoms with Crippen LogP contribution in [-0.4, -0.2) is 29.7 Å². The highest BCUT2D eigenvalue weighted by atomic mass is 32.2. The fourth-order valence-corrected chi connectivity index (χ4v) is 6.29. The predicted octanol–water partition coefficient (Wildman–Crippen LogP) is 4.12. The van der Waals surface area contributed by atoms with Gasteiger partial charge in [0.25, 0.3) is 0 Å². The summed E-state index contributed by atoms with van der Waals surface area (Å²) in [6.45, 7) is 0. The van der Waals surface area contributed by atoms with E-state index in [4.69, 9.17) is 4.18 Å². The van der Waals surface area contributed by atoms with Crippen LogP contribution in [0.2, 0.25) is 0 Å². The number of nitrogens with zero attached hydrogens (tertiary/aromatic N) is 2. The molecule has 0 unspecified atom stereocenters. The number of rotatable bonds is 5. The van der Waals surface area contributed by atoms with E-state index in [0.29, 0.717) is 10.3 Å². The van der Waals surface area contributed by atoms with Gasteiger partial charge in [0.1, 0.15) is 10.6 Å². The zero-order valence-corrected chi connectivity index (χ0v) is 16.1. The lowest BCUT2D eigenvalue weighted by molar-refractivity contribution is 0.486. The van der Waals surface area contributed by atoms with Crippen molar-refractivity contribution in [3.63, 3.8) is 0 Å². The molecule has 1 aromatic heterocycles.